The Morgan fingerprint density at radius 3 is 2.95 bits per heavy atom. The van der Waals surface area contributed by atoms with E-state index in [1.54, 1.807) is 7.11 Å². The summed E-state index contributed by atoms with van der Waals surface area (Å²) in [6, 6.07) is 7.89. The van der Waals surface area contributed by atoms with Crippen molar-refractivity contribution in [2.24, 2.45) is 11.7 Å². The van der Waals surface area contributed by atoms with Gasteiger partial charge in [-0.2, -0.15) is 0 Å². The van der Waals surface area contributed by atoms with Crippen LogP contribution in [0.25, 0.3) is 0 Å². The van der Waals surface area contributed by atoms with Crippen LogP contribution in [0.2, 0.25) is 0 Å². The van der Waals surface area contributed by atoms with Crippen LogP contribution in [0.4, 0.5) is 0 Å². The number of rotatable bonds is 5. The Hall–Kier alpha value is -1.26. The van der Waals surface area contributed by atoms with Crippen molar-refractivity contribution < 1.29 is 9.53 Å². The molecule has 0 saturated carbocycles. The first-order valence-corrected chi connectivity index (χ1v) is 6.83. The molecule has 1 atom stereocenters. The maximum Gasteiger partial charge on any atom is 0.222 e. The smallest absolute Gasteiger partial charge is 0.222 e. The molecule has 4 nitrogen and oxygen atoms in total. The van der Waals surface area contributed by atoms with Gasteiger partial charge >= 0.3 is 0 Å². The first-order valence-electron chi connectivity index (χ1n) is 6.83. The second-order valence-corrected chi connectivity index (χ2v) is 5.08. The molecule has 1 aromatic carbocycles. The summed E-state index contributed by atoms with van der Waals surface area (Å²) in [6.45, 7) is 2.37. The van der Waals surface area contributed by atoms with E-state index in [9.17, 15) is 4.79 Å². The summed E-state index contributed by atoms with van der Waals surface area (Å²) in [4.78, 5) is 14.0. The maximum absolute atomic E-state index is 12.1. The third-order valence-corrected chi connectivity index (χ3v) is 3.73. The van der Waals surface area contributed by atoms with E-state index in [-0.39, 0.29) is 18.3 Å². The third-order valence-electron chi connectivity index (χ3n) is 3.73. The zero-order chi connectivity index (χ0) is 13.7. The zero-order valence-electron chi connectivity index (χ0n) is 11.9. The summed E-state index contributed by atoms with van der Waals surface area (Å²) >= 11 is 0. The minimum absolute atomic E-state index is 0. The Labute approximate surface area is 126 Å². The molecule has 0 spiro atoms. The van der Waals surface area contributed by atoms with E-state index < -0.39 is 0 Å². The van der Waals surface area contributed by atoms with Crippen LogP contribution in [0, 0.1) is 5.92 Å². The van der Waals surface area contributed by atoms with Crippen molar-refractivity contribution >= 4 is 18.3 Å². The number of carbonyl (C=O) groups is 1. The number of benzene rings is 1. The predicted molar refractivity (Wildman–Crippen MR) is 82.3 cm³/mol. The number of aryl methyl sites for hydroxylation is 1. The molecular weight excluding hydrogens is 276 g/mol. The van der Waals surface area contributed by atoms with E-state index >= 15 is 0 Å². The van der Waals surface area contributed by atoms with Crippen LogP contribution in [0.3, 0.4) is 0 Å². The van der Waals surface area contributed by atoms with Gasteiger partial charge in [-0.1, -0.05) is 12.1 Å². The first-order chi connectivity index (χ1) is 9.22. The highest BCUT2D eigenvalue weighted by molar-refractivity contribution is 5.85. The lowest BCUT2D eigenvalue weighted by Crippen LogP contribution is -2.29. The van der Waals surface area contributed by atoms with Crippen molar-refractivity contribution in [3.05, 3.63) is 29.8 Å². The molecule has 1 amide bonds. The van der Waals surface area contributed by atoms with Crippen molar-refractivity contribution in [2.45, 2.75) is 19.3 Å². The van der Waals surface area contributed by atoms with Crippen molar-refractivity contribution in [2.75, 3.05) is 26.7 Å². The molecule has 5 heteroatoms. The summed E-state index contributed by atoms with van der Waals surface area (Å²) in [5, 5.41) is 0. The van der Waals surface area contributed by atoms with E-state index in [1.165, 1.54) is 0 Å². The summed E-state index contributed by atoms with van der Waals surface area (Å²) in [6.07, 6.45) is 2.37. The normalized spacial score (nSPS) is 17.7. The lowest BCUT2D eigenvalue weighted by molar-refractivity contribution is -0.130. The Kier molecular flexibility index (Phi) is 6.82. The predicted octanol–water partition coefficient (Wildman–Crippen LogP) is 1.86. The van der Waals surface area contributed by atoms with Crippen molar-refractivity contribution in [1.29, 1.82) is 0 Å². The summed E-state index contributed by atoms with van der Waals surface area (Å²) in [5.41, 5.74) is 6.78. The second-order valence-electron chi connectivity index (χ2n) is 5.08. The monoisotopic (exact) mass is 298 g/mol. The van der Waals surface area contributed by atoms with E-state index in [1.807, 2.05) is 29.2 Å². The Bertz CT molecular complexity index is 440. The summed E-state index contributed by atoms with van der Waals surface area (Å²) in [5.74, 6) is 1.56. The molecule has 1 saturated heterocycles. The van der Waals surface area contributed by atoms with Gasteiger partial charge in [-0.15, -0.1) is 12.4 Å². The van der Waals surface area contributed by atoms with Gasteiger partial charge in [-0.25, -0.2) is 0 Å². The van der Waals surface area contributed by atoms with Crippen LogP contribution in [0.1, 0.15) is 18.4 Å². The van der Waals surface area contributed by atoms with Gasteiger partial charge in [-0.05, 0) is 43.0 Å². The van der Waals surface area contributed by atoms with Crippen molar-refractivity contribution in [1.82, 2.24) is 4.90 Å². The van der Waals surface area contributed by atoms with Gasteiger partial charge < -0.3 is 15.4 Å². The molecule has 20 heavy (non-hydrogen) atoms. The van der Waals surface area contributed by atoms with Gasteiger partial charge in [-0.3, -0.25) is 4.79 Å². The fourth-order valence-corrected chi connectivity index (χ4v) is 2.49. The van der Waals surface area contributed by atoms with Gasteiger partial charge in [0.05, 0.1) is 7.11 Å². The number of halogens is 1. The highest BCUT2D eigenvalue weighted by Crippen LogP contribution is 2.18. The molecule has 0 aliphatic carbocycles. The average molecular weight is 299 g/mol. The molecule has 2 N–H and O–H groups in total. The van der Waals surface area contributed by atoms with E-state index in [0.717, 1.165) is 37.2 Å². The summed E-state index contributed by atoms with van der Waals surface area (Å²) in [7, 11) is 1.65. The Morgan fingerprint density at radius 1 is 1.50 bits per heavy atom. The van der Waals surface area contributed by atoms with Crippen LogP contribution in [-0.2, 0) is 11.2 Å². The van der Waals surface area contributed by atoms with E-state index in [2.05, 4.69) is 0 Å². The van der Waals surface area contributed by atoms with E-state index in [0.29, 0.717) is 18.9 Å². The Balaban J connectivity index is 0.00000200. The minimum atomic E-state index is 0. The standard InChI is InChI=1S/C15H22N2O2.ClH/c1-19-14-4-2-3-12(9-14)5-6-15(18)17-8-7-13(10-16)11-17;/h2-4,9,13H,5-8,10-11,16H2,1H3;1H. The first kappa shape index (κ1) is 16.8. The summed E-state index contributed by atoms with van der Waals surface area (Å²) < 4.78 is 5.18. The molecular formula is C15H23ClN2O2. The Morgan fingerprint density at radius 2 is 2.30 bits per heavy atom. The molecule has 1 heterocycles. The van der Waals surface area contributed by atoms with Crippen LogP contribution < -0.4 is 10.5 Å². The number of nitrogens with zero attached hydrogens (tertiary/aromatic N) is 1. The molecule has 1 aliphatic heterocycles. The lowest BCUT2D eigenvalue weighted by Gasteiger charge is -2.16. The van der Waals surface area contributed by atoms with Gasteiger partial charge in [0.2, 0.25) is 5.91 Å². The molecule has 1 aliphatic rings. The number of methoxy groups -OCH3 is 1. The number of carbonyl (C=O) groups excluding carboxylic acids is 1. The van der Waals surface area contributed by atoms with E-state index in [4.69, 9.17) is 10.5 Å². The fraction of sp³-hybridized carbons (Fsp3) is 0.533. The van der Waals surface area contributed by atoms with Gasteiger partial charge in [0.15, 0.2) is 0 Å². The van der Waals surface area contributed by atoms with Crippen LogP contribution >= 0.6 is 12.4 Å². The quantitative estimate of drug-likeness (QED) is 0.903. The largest absolute Gasteiger partial charge is 0.497 e. The highest BCUT2D eigenvalue weighted by Gasteiger charge is 2.24. The number of hydrogen-bond donors (Lipinski definition) is 1. The van der Waals surface area contributed by atoms with Gasteiger partial charge in [0.25, 0.3) is 0 Å². The molecule has 0 bridgehead atoms. The average Bonchev–Trinajstić information content (AvgIpc) is 2.94. The minimum Gasteiger partial charge on any atom is -0.497 e. The maximum atomic E-state index is 12.1. The molecule has 112 valence electrons. The molecule has 1 aromatic rings. The number of hydrogen-bond acceptors (Lipinski definition) is 3. The van der Waals surface area contributed by atoms with Gasteiger partial charge in [0.1, 0.15) is 5.75 Å². The topological polar surface area (TPSA) is 55.6 Å². The lowest BCUT2D eigenvalue weighted by atomic mass is 10.1. The molecule has 1 fully saturated rings. The molecule has 0 aromatic heterocycles. The third kappa shape index (κ3) is 4.39. The fourth-order valence-electron chi connectivity index (χ4n) is 2.49. The van der Waals surface area contributed by atoms with Crippen molar-refractivity contribution in [3.63, 3.8) is 0 Å². The highest BCUT2D eigenvalue weighted by atomic mass is 35.5. The number of amides is 1. The SMILES string of the molecule is COc1cccc(CCC(=O)N2CCC(CN)C2)c1.Cl. The molecule has 1 unspecified atom stereocenters. The molecule has 2 rings (SSSR count). The molecule has 0 radical (unpaired) electrons. The zero-order valence-corrected chi connectivity index (χ0v) is 12.7. The number of ether oxygens (including phenoxy) is 1. The second kappa shape index (κ2) is 8.12. The van der Waals surface area contributed by atoms with Crippen LogP contribution in [0.5, 0.6) is 5.75 Å². The van der Waals surface area contributed by atoms with Gasteiger partial charge in [0, 0.05) is 19.5 Å². The number of likely N-dealkylation sites (tertiary alicyclic amines) is 1. The number of nitrogens with two attached hydrogens (primary N) is 1. The van der Waals surface area contributed by atoms with Crippen LogP contribution in [0.15, 0.2) is 24.3 Å². The van der Waals surface area contributed by atoms with Crippen molar-refractivity contribution in [3.8, 4) is 5.75 Å². The van der Waals surface area contributed by atoms with Crippen LogP contribution in [-0.4, -0.2) is 37.6 Å².